The number of methoxy groups -OCH3 is 1. The number of nitrogens with zero attached hydrogens (tertiary/aromatic N) is 2. The Kier molecular flexibility index (Phi) is 7.58. The molecule has 0 saturated carbocycles. The maximum atomic E-state index is 12.3. The minimum atomic E-state index is -0.0949. The Balaban J connectivity index is 1.60. The molecule has 1 heterocycles. The number of benzene rings is 2. The largest absolute Gasteiger partial charge is 0.497 e. The van der Waals surface area contributed by atoms with Gasteiger partial charge < -0.3 is 14.8 Å². The summed E-state index contributed by atoms with van der Waals surface area (Å²) in [6, 6.07) is 14.9. The summed E-state index contributed by atoms with van der Waals surface area (Å²) in [6.45, 7) is 2.82. The normalized spacial score (nSPS) is 10.6. The molecule has 0 unspecified atom stereocenters. The number of nitrogens with one attached hydrogen (secondary N) is 1. The smallest absolute Gasteiger partial charge is 0.298 e. The molecule has 0 atom stereocenters. The molecule has 0 spiro atoms. The van der Waals surface area contributed by atoms with E-state index in [1.54, 1.807) is 31.4 Å². The lowest BCUT2D eigenvalue weighted by molar-refractivity contribution is 0.0952. The van der Waals surface area contributed by atoms with Gasteiger partial charge >= 0.3 is 0 Å². The van der Waals surface area contributed by atoms with Crippen LogP contribution >= 0.6 is 11.5 Å². The van der Waals surface area contributed by atoms with Crippen LogP contribution in [0.2, 0.25) is 0 Å². The van der Waals surface area contributed by atoms with Gasteiger partial charge in [0.25, 0.3) is 11.1 Å². The Morgan fingerprint density at radius 3 is 2.76 bits per heavy atom. The summed E-state index contributed by atoms with van der Waals surface area (Å²) in [4.78, 5) is 16.7. The number of amides is 1. The molecule has 3 rings (SSSR count). The highest BCUT2D eigenvalue weighted by molar-refractivity contribution is 7.07. The molecule has 0 aliphatic rings. The minimum absolute atomic E-state index is 0.0949. The van der Waals surface area contributed by atoms with Crippen molar-refractivity contribution in [3.63, 3.8) is 0 Å². The van der Waals surface area contributed by atoms with Crippen LogP contribution in [0.3, 0.4) is 0 Å². The molecule has 1 aromatic heterocycles. The van der Waals surface area contributed by atoms with E-state index < -0.39 is 0 Å². The molecule has 1 N–H and O–H groups in total. The molecule has 29 heavy (non-hydrogen) atoms. The standard InChI is InChI=1S/C22H25N3O3S/c1-3-4-5-12-23-21(26)17-9-7-11-19(15-17)28-22-24-20(25-29-22)14-16-8-6-10-18(13-16)27-2/h6-11,13,15H,3-5,12,14H2,1-2H3,(H,23,26). The van der Waals surface area contributed by atoms with E-state index in [4.69, 9.17) is 9.47 Å². The molecule has 0 fully saturated rings. The lowest BCUT2D eigenvalue weighted by atomic mass is 10.1. The molecule has 0 radical (unpaired) electrons. The summed E-state index contributed by atoms with van der Waals surface area (Å²) < 4.78 is 15.4. The molecular formula is C22H25N3O3S. The molecule has 0 saturated heterocycles. The summed E-state index contributed by atoms with van der Waals surface area (Å²) in [7, 11) is 1.64. The fraction of sp³-hybridized carbons (Fsp3) is 0.318. The van der Waals surface area contributed by atoms with Crippen LogP contribution in [0.1, 0.15) is 47.9 Å². The fourth-order valence-corrected chi connectivity index (χ4v) is 3.37. The number of hydrogen-bond donors (Lipinski definition) is 1. The second kappa shape index (κ2) is 10.6. The second-order valence-corrected chi connectivity index (χ2v) is 7.31. The molecule has 1 amide bonds. The summed E-state index contributed by atoms with van der Waals surface area (Å²) in [5, 5.41) is 3.38. The van der Waals surface area contributed by atoms with Crippen LogP contribution in [0, 0.1) is 0 Å². The second-order valence-electron chi connectivity index (χ2n) is 6.60. The van der Waals surface area contributed by atoms with Gasteiger partial charge in [-0.25, -0.2) is 0 Å². The van der Waals surface area contributed by atoms with Crippen molar-refractivity contribution in [2.75, 3.05) is 13.7 Å². The maximum absolute atomic E-state index is 12.3. The van der Waals surface area contributed by atoms with Gasteiger partial charge in [-0.2, -0.15) is 9.36 Å². The summed E-state index contributed by atoms with van der Waals surface area (Å²) in [6.07, 6.45) is 3.82. The van der Waals surface area contributed by atoms with Crippen LogP contribution in [0.15, 0.2) is 48.5 Å². The first-order chi connectivity index (χ1) is 14.2. The van der Waals surface area contributed by atoms with Crippen molar-refractivity contribution in [3.05, 3.63) is 65.5 Å². The van der Waals surface area contributed by atoms with E-state index in [1.807, 2.05) is 24.3 Å². The Hall–Kier alpha value is -2.93. The first kappa shape index (κ1) is 20.8. The van der Waals surface area contributed by atoms with Crippen LogP contribution in [0.5, 0.6) is 16.7 Å². The Morgan fingerprint density at radius 1 is 1.10 bits per heavy atom. The maximum Gasteiger partial charge on any atom is 0.298 e. The zero-order valence-electron chi connectivity index (χ0n) is 16.7. The predicted molar refractivity (Wildman–Crippen MR) is 114 cm³/mol. The molecular weight excluding hydrogens is 386 g/mol. The van der Waals surface area contributed by atoms with E-state index in [-0.39, 0.29) is 5.91 Å². The van der Waals surface area contributed by atoms with E-state index >= 15 is 0 Å². The molecule has 6 nitrogen and oxygen atoms in total. The predicted octanol–water partition coefficient (Wildman–Crippen LogP) is 4.85. The quantitative estimate of drug-likeness (QED) is 0.483. The van der Waals surface area contributed by atoms with Crippen LogP contribution in [-0.4, -0.2) is 28.9 Å². The number of rotatable bonds is 10. The van der Waals surface area contributed by atoms with Crippen LogP contribution in [0.25, 0.3) is 0 Å². The van der Waals surface area contributed by atoms with Crippen LogP contribution in [0.4, 0.5) is 0 Å². The SMILES string of the molecule is CCCCCNC(=O)c1cccc(Oc2nc(Cc3cccc(OC)c3)ns2)c1. The number of carbonyl (C=O) groups is 1. The molecule has 0 aliphatic heterocycles. The van der Waals surface area contributed by atoms with Crippen molar-refractivity contribution < 1.29 is 14.3 Å². The third-order valence-corrected chi connectivity index (χ3v) is 4.95. The van der Waals surface area contributed by atoms with Crippen molar-refractivity contribution >= 4 is 17.4 Å². The fourth-order valence-electron chi connectivity index (χ4n) is 2.80. The lowest BCUT2D eigenvalue weighted by Gasteiger charge is -2.06. The average molecular weight is 412 g/mol. The third-order valence-electron chi connectivity index (χ3n) is 4.31. The van der Waals surface area contributed by atoms with Gasteiger partial charge in [0.15, 0.2) is 5.82 Å². The number of ether oxygens (including phenoxy) is 2. The van der Waals surface area contributed by atoms with Crippen molar-refractivity contribution in [1.29, 1.82) is 0 Å². The summed E-state index contributed by atoms with van der Waals surface area (Å²) in [5.74, 6) is 1.96. The van der Waals surface area contributed by atoms with Gasteiger partial charge in [-0.05, 0) is 42.3 Å². The van der Waals surface area contributed by atoms with Gasteiger partial charge in [-0.15, -0.1) is 0 Å². The number of aromatic nitrogens is 2. The molecule has 0 aliphatic carbocycles. The average Bonchev–Trinajstić information content (AvgIpc) is 3.18. The van der Waals surface area contributed by atoms with Gasteiger partial charge in [0.2, 0.25) is 0 Å². The Bertz CT molecular complexity index is 942. The monoisotopic (exact) mass is 411 g/mol. The van der Waals surface area contributed by atoms with Crippen molar-refractivity contribution in [2.24, 2.45) is 0 Å². The zero-order valence-corrected chi connectivity index (χ0v) is 17.5. The summed E-state index contributed by atoms with van der Waals surface area (Å²) in [5.41, 5.74) is 1.63. The van der Waals surface area contributed by atoms with E-state index in [1.165, 1.54) is 11.5 Å². The van der Waals surface area contributed by atoms with Gasteiger partial charge in [0.05, 0.1) is 7.11 Å². The Morgan fingerprint density at radius 2 is 1.93 bits per heavy atom. The van der Waals surface area contributed by atoms with Gasteiger partial charge in [-0.1, -0.05) is 38.0 Å². The van der Waals surface area contributed by atoms with Crippen molar-refractivity contribution in [3.8, 4) is 16.7 Å². The number of unbranched alkanes of at least 4 members (excludes halogenated alkanes) is 2. The summed E-state index contributed by atoms with van der Waals surface area (Å²) >= 11 is 1.19. The molecule has 3 aromatic rings. The van der Waals surface area contributed by atoms with E-state index in [0.29, 0.717) is 35.3 Å². The molecule has 7 heteroatoms. The third kappa shape index (κ3) is 6.29. The zero-order chi connectivity index (χ0) is 20.5. The van der Waals surface area contributed by atoms with Crippen molar-refractivity contribution in [1.82, 2.24) is 14.7 Å². The molecule has 0 bridgehead atoms. The first-order valence-corrected chi connectivity index (χ1v) is 10.5. The van der Waals surface area contributed by atoms with Crippen molar-refractivity contribution in [2.45, 2.75) is 32.6 Å². The highest BCUT2D eigenvalue weighted by Gasteiger charge is 2.10. The van der Waals surface area contributed by atoms with E-state index in [0.717, 1.165) is 30.6 Å². The number of carbonyl (C=O) groups excluding carboxylic acids is 1. The van der Waals surface area contributed by atoms with Gasteiger partial charge in [0, 0.05) is 30.1 Å². The molecule has 2 aromatic carbocycles. The van der Waals surface area contributed by atoms with Gasteiger partial charge in [0.1, 0.15) is 11.5 Å². The highest BCUT2D eigenvalue weighted by atomic mass is 32.1. The Labute approximate surface area is 175 Å². The van der Waals surface area contributed by atoms with E-state index in [2.05, 4.69) is 21.6 Å². The van der Waals surface area contributed by atoms with Gasteiger partial charge in [-0.3, -0.25) is 4.79 Å². The lowest BCUT2D eigenvalue weighted by Crippen LogP contribution is -2.24. The van der Waals surface area contributed by atoms with Crippen LogP contribution < -0.4 is 14.8 Å². The van der Waals surface area contributed by atoms with Crippen LogP contribution in [-0.2, 0) is 6.42 Å². The number of hydrogen-bond acceptors (Lipinski definition) is 6. The minimum Gasteiger partial charge on any atom is -0.497 e. The highest BCUT2D eigenvalue weighted by Crippen LogP contribution is 2.25. The first-order valence-electron chi connectivity index (χ1n) is 9.69. The van der Waals surface area contributed by atoms with E-state index in [9.17, 15) is 4.79 Å². The topological polar surface area (TPSA) is 73.3 Å². The molecule has 152 valence electrons.